The molecule has 0 amide bonds. The van der Waals surface area contributed by atoms with E-state index in [0.29, 0.717) is 17.5 Å². The fraction of sp³-hybridized carbons (Fsp3) is 0. The van der Waals surface area contributed by atoms with Gasteiger partial charge in [-0.3, -0.25) is 4.79 Å². The Labute approximate surface area is 97.7 Å². The second-order valence-electron chi connectivity index (χ2n) is 3.37. The molecule has 2 N–H and O–H groups in total. The molecule has 2 rings (SSSR count). The zero-order chi connectivity index (χ0) is 12.5. The summed E-state index contributed by atoms with van der Waals surface area (Å²) in [5, 5.41) is 8.93. The third-order valence-corrected chi connectivity index (χ3v) is 3.10. The molecule has 7 heteroatoms. The van der Waals surface area contributed by atoms with Gasteiger partial charge in [-0.2, -0.15) is 5.10 Å². The molecule has 6 nitrogen and oxygen atoms in total. The van der Waals surface area contributed by atoms with Crippen LogP contribution >= 0.6 is 0 Å². The van der Waals surface area contributed by atoms with Crippen molar-refractivity contribution in [1.82, 2.24) is 9.78 Å². The smallest absolute Gasteiger partial charge is 0.238 e. The standard InChI is InChI=1S/C10H9N3O3S/c11-17(15,16)10-3-1-9(2-4-10)13-6-8(7-14)5-12-13/h1-7H,(H2,11,15,16). The third-order valence-electron chi connectivity index (χ3n) is 2.17. The topological polar surface area (TPSA) is 95.0 Å². The van der Waals surface area contributed by atoms with Gasteiger partial charge in [0.25, 0.3) is 0 Å². The summed E-state index contributed by atoms with van der Waals surface area (Å²) >= 11 is 0. The number of aldehydes is 1. The van der Waals surface area contributed by atoms with Crippen LogP contribution in [-0.4, -0.2) is 24.5 Å². The number of sulfonamides is 1. The van der Waals surface area contributed by atoms with E-state index in [0.717, 1.165) is 0 Å². The highest BCUT2D eigenvalue weighted by Crippen LogP contribution is 2.12. The van der Waals surface area contributed by atoms with Crippen molar-refractivity contribution in [2.75, 3.05) is 0 Å². The normalized spacial score (nSPS) is 11.4. The second-order valence-corrected chi connectivity index (χ2v) is 4.94. The number of hydrogen-bond acceptors (Lipinski definition) is 4. The van der Waals surface area contributed by atoms with Gasteiger partial charge in [0.15, 0.2) is 6.29 Å². The molecule has 1 aromatic carbocycles. The number of carbonyl (C=O) groups excluding carboxylic acids is 1. The highest BCUT2D eigenvalue weighted by Gasteiger charge is 2.07. The van der Waals surface area contributed by atoms with Crippen molar-refractivity contribution in [3.63, 3.8) is 0 Å². The van der Waals surface area contributed by atoms with E-state index in [9.17, 15) is 13.2 Å². The molecule has 0 aliphatic carbocycles. The van der Waals surface area contributed by atoms with Crippen LogP contribution in [0.15, 0.2) is 41.6 Å². The minimum Gasteiger partial charge on any atom is -0.298 e. The molecule has 0 atom stereocenters. The maximum atomic E-state index is 11.0. The van der Waals surface area contributed by atoms with E-state index in [1.54, 1.807) is 18.3 Å². The van der Waals surface area contributed by atoms with Crippen LogP contribution < -0.4 is 5.14 Å². The first-order valence-corrected chi connectivity index (χ1v) is 6.18. The van der Waals surface area contributed by atoms with Gasteiger partial charge >= 0.3 is 0 Å². The molecule has 1 aromatic heterocycles. The Bertz CT molecular complexity index is 644. The SMILES string of the molecule is NS(=O)(=O)c1ccc(-n2cc(C=O)cn2)cc1. The van der Waals surface area contributed by atoms with Gasteiger partial charge < -0.3 is 0 Å². The molecule has 0 aliphatic rings. The fourth-order valence-corrected chi connectivity index (χ4v) is 1.84. The van der Waals surface area contributed by atoms with Crippen LogP contribution in [0.2, 0.25) is 0 Å². The minimum absolute atomic E-state index is 0.0315. The number of carbonyl (C=O) groups is 1. The maximum Gasteiger partial charge on any atom is 0.238 e. The molecular weight excluding hydrogens is 242 g/mol. The lowest BCUT2D eigenvalue weighted by atomic mass is 10.3. The summed E-state index contributed by atoms with van der Waals surface area (Å²) in [4.78, 5) is 10.5. The van der Waals surface area contributed by atoms with Gasteiger partial charge in [0.2, 0.25) is 10.0 Å². The monoisotopic (exact) mass is 251 g/mol. The Hall–Kier alpha value is -1.99. The van der Waals surface area contributed by atoms with Gasteiger partial charge in [-0.25, -0.2) is 18.2 Å². The van der Waals surface area contributed by atoms with E-state index < -0.39 is 10.0 Å². The molecule has 0 aliphatic heterocycles. The van der Waals surface area contributed by atoms with Crippen LogP contribution in [0.5, 0.6) is 0 Å². The Morgan fingerprint density at radius 1 is 1.24 bits per heavy atom. The number of nitrogens with zero attached hydrogens (tertiary/aromatic N) is 2. The molecule has 0 fully saturated rings. The fourth-order valence-electron chi connectivity index (χ4n) is 1.33. The molecule has 0 saturated heterocycles. The number of aromatic nitrogens is 2. The van der Waals surface area contributed by atoms with Gasteiger partial charge in [0.05, 0.1) is 22.3 Å². The zero-order valence-corrected chi connectivity index (χ0v) is 9.46. The van der Waals surface area contributed by atoms with Gasteiger partial charge in [-0.15, -0.1) is 0 Å². The van der Waals surface area contributed by atoms with Crippen molar-refractivity contribution in [3.8, 4) is 5.69 Å². The molecule has 0 radical (unpaired) electrons. The van der Waals surface area contributed by atoms with Crippen LogP contribution in [-0.2, 0) is 10.0 Å². The van der Waals surface area contributed by atoms with Gasteiger partial charge in [-0.1, -0.05) is 0 Å². The Balaban J connectivity index is 2.38. The summed E-state index contributed by atoms with van der Waals surface area (Å²) in [6, 6.07) is 5.88. The summed E-state index contributed by atoms with van der Waals surface area (Å²) < 4.78 is 23.5. The number of rotatable bonds is 3. The number of hydrogen-bond donors (Lipinski definition) is 1. The summed E-state index contributed by atoms with van der Waals surface area (Å²) in [6.07, 6.45) is 3.64. The number of nitrogens with two attached hydrogens (primary N) is 1. The van der Waals surface area contributed by atoms with Gasteiger partial charge in [0, 0.05) is 6.20 Å². The predicted octanol–water partition coefficient (Wildman–Crippen LogP) is 0.332. The van der Waals surface area contributed by atoms with Crippen LogP contribution in [0.3, 0.4) is 0 Å². The molecule has 17 heavy (non-hydrogen) atoms. The van der Waals surface area contributed by atoms with Crippen molar-refractivity contribution in [3.05, 3.63) is 42.2 Å². The van der Waals surface area contributed by atoms with Crippen molar-refractivity contribution >= 4 is 16.3 Å². The summed E-state index contributed by atoms with van der Waals surface area (Å²) in [5.41, 5.74) is 1.09. The summed E-state index contributed by atoms with van der Waals surface area (Å²) in [5.74, 6) is 0. The average molecular weight is 251 g/mol. The second kappa shape index (κ2) is 4.11. The minimum atomic E-state index is -3.69. The first-order chi connectivity index (χ1) is 8.00. The summed E-state index contributed by atoms with van der Waals surface area (Å²) in [7, 11) is -3.69. The number of benzene rings is 1. The van der Waals surface area contributed by atoms with E-state index in [4.69, 9.17) is 5.14 Å². The lowest BCUT2D eigenvalue weighted by molar-refractivity contribution is 0.112. The van der Waals surface area contributed by atoms with Crippen molar-refractivity contribution in [1.29, 1.82) is 0 Å². The van der Waals surface area contributed by atoms with Crippen LogP contribution in [0.4, 0.5) is 0 Å². The van der Waals surface area contributed by atoms with E-state index in [1.807, 2.05) is 0 Å². The van der Waals surface area contributed by atoms with E-state index in [-0.39, 0.29) is 4.90 Å². The van der Waals surface area contributed by atoms with Crippen LogP contribution in [0, 0.1) is 0 Å². The molecule has 1 heterocycles. The molecule has 0 saturated carbocycles. The lowest BCUT2D eigenvalue weighted by Crippen LogP contribution is -2.12. The van der Waals surface area contributed by atoms with Crippen molar-refractivity contribution in [2.45, 2.75) is 4.90 Å². The van der Waals surface area contributed by atoms with Crippen LogP contribution in [0.1, 0.15) is 10.4 Å². The van der Waals surface area contributed by atoms with Crippen molar-refractivity contribution < 1.29 is 13.2 Å². The highest BCUT2D eigenvalue weighted by atomic mass is 32.2. The predicted molar refractivity (Wildman–Crippen MR) is 60.3 cm³/mol. The Morgan fingerprint density at radius 3 is 2.35 bits per heavy atom. The van der Waals surface area contributed by atoms with Gasteiger partial charge in [-0.05, 0) is 24.3 Å². The molecule has 0 bridgehead atoms. The van der Waals surface area contributed by atoms with E-state index in [1.165, 1.54) is 23.0 Å². The first-order valence-electron chi connectivity index (χ1n) is 4.64. The average Bonchev–Trinajstić information content (AvgIpc) is 2.76. The van der Waals surface area contributed by atoms with E-state index >= 15 is 0 Å². The number of primary sulfonamides is 1. The Kier molecular flexibility index (Phi) is 2.78. The third kappa shape index (κ3) is 2.40. The molecule has 0 spiro atoms. The van der Waals surface area contributed by atoms with Gasteiger partial charge in [0.1, 0.15) is 0 Å². The molecular formula is C10H9N3O3S. The lowest BCUT2D eigenvalue weighted by Gasteiger charge is -2.02. The molecule has 2 aromatic rings. The quantitative estimate of drug-likeness (QED) is 0.795. The Morgan fingerprint density at radius 2 is 1.88 bits per heavy atom. The largest absolute Gasteiger partial charge is 0.298 e. The zero-order valence-electron chi connectivity index (χ0n) is 8.65. The summed E-state index contributed by atoms with van der Waals surface area (Å²) in [6.45, 7) is 0. The maximum absolute atomic E-state index is 11.0. The first kappa shape index (κ1) is 11.5. The van der Waals surface area contributed by atoms with E-state index in [2.05, 4.69) is 5.10 Å². The van der Waals surface area contributed by atoms with Crippen molar-refractivity contribution in [2.24, 2.45) is 5.14 Å². The van der Waals surface area contributed by atoms with Crippen LogP contribution in [0.25, 0.3) is 5.69 Å². The highest BCUT2D eigenvalue weighted by molar-refractivity contribution is 7.89. The molecule has 0 unspecified atom stereocenters. The molecule has 88 valence electrons.